The summed E-state index contributed by atoms with van der Waals surface area (Å²) < 4.78 is 66.5. The van der Waals surface area contributed by atoms with E-state index in [1.165, 1.54) is 13.2 Å². The van der Waals surface area contributed by atoms with Gasteiger partial charge in [-0.3, -0.25) is 0 Å². The molecule has 5 rings (SSSR count). The molecule has 3 aliphatic rings. The molecule has 0 aromatic heterocycles. The number of aliphatic imine (C=N–C) groups is 1. The van der Waals surface area contributed by atoms with Crippen LogP contribution in [0.4, 0.5) is 28.9 Å². The molecule has 2 heterocycles. The molecule has 0 radical (unpaired) electrons. The van der Waals surface area contributed by atoms with Gasteiger partial charge in [0.05, 0.1) is 32.0 Å². The lowest BCUT2D eigenvalue weighted by Crippen LogP contribution is -2.55. The van der Waals surface area contributed by atoms with Crippen molar-refractivity contribution in [1.82, 2.24) is 4.90 Å². The zero-order chi connectivity index (χ0) is 26.2. The minimum Gasteiger partial charge on any atom is -0.497 e. The van der Waals surface area contributed by atoms with E-state index in [1.54, 1.807) is 12.0 Å². The highest BCUT2D eigenvalue weighted by molar-refractivity contribution is 6.00. The number of anilines is 2. The number of halogens is 4. The fourth-order valence-corrected chi connectivity index (χ4v) is 4.92. The van der Waals surface area contributed by atoms with Gasteiger partial charge in [-0.1, -0.05) is 12.1 Å². The minimum absolute atomic E-state index is 0.204. The number of rotatable bonds is 4. The number of guanidine groups is 1. The van der Waals surface area contributed by atoms with E-state index >= 15 is 0 Å². The predicted molar refractivity (Wildman–Crippen MR) is 135 cm³/mol. The number of piperazine rings is 1. The second-order valence-corrected chi connectivity index (χ2v) is 9.08. The topological polar surface area (TPSA) is 40.5 Å². The number of methoxy groups -OCH3 is 2. The molecule has 10 heteroatoms. The molecule has 0 atom stereocenters. The van der Waals surface area contributed by atoms with Gasteiger partial charge in [-0.2, -0.15) is 13.2 Å². The Kier molecular flexibility index (Phi) is 6.74. The Balaban J connectivity index is 1.50. The largest absolute Gasteiger partial charge is 0.497 e. The lowest BCUT2D eigenvalue weighted by molar-refractivity contribution is -0.137. The summed E-state index contributed by atoms with van der Waals surface area (Å²) in [6.07, 6.45) is -1.81. The van der Waals surface area contributed by atoms with Crippen LogP contribution in [0.2, 0.25) is 0 Å². The molecule has 2 aromatic carbocycles. The second kappa shape index (κ2) is 9.99. The van der Waals surface area contributed by atoms with Gasteiger partial charge in [0.2, 0.25) is 5.96 Å². The molecule has 0 spiro atoms. The van der Waals surface area contributed by atoms with Gasteiger partial charge < -0.3 is 24.2 Å². The molecule has 2 aromatic rings. The van der Waals surface area contributed by atoms with Crippen molar-refractivity contribution in [2.75, 3.05) is 56.7 Å². The van der Waals surface area contributed by atoms with Gasteiger partial charge in [-0.25, -0.2) is 9.38 Å². The number of benzene rings is 2. The first-order valence-electron chi connectivity index (χ1n) is 12.1. The monoisotopic (exact) mass is 516 g/mol. The van der Waals surface area contributed by atoms with E-state index in [2.05, 4.69) is 9.89 Å². The van der Waals surface area contributed by atoms with Crippen molar-refractivity contribution in [2.24, 2.45) is 4.99 Å². The number of hydrogen-bond acceptors (Lipinski definition) is 6. The van der Waals surface area contributed by atoms with Crippen LogP contribution in [0, 0.1) is 0 Å². The highest BCUT2D eigenvalue weighted by atomic mass is 19.4. The van der Waals surface area contributed by atoms with Crippen LogP contribution >= 0.6 is 0 Å². The smallest absolute Gasteiger partial charge is 0.416 e. The van der Waals surface area contributed by atoms with Gasteiger partial charge in [0.25, 0.3) is 0 Å². The number of ether oxygens (including phenoxy) is 2. The first-order valence-corrected chi connectivity index (χ1v) is 12.1. The quantitative estimate of drug-likeness (QED) is 0.494. The van der Waals surface area contributed by atoms with Crippen molar-refractivity contribution >= 4 is 17.3 Å². The van der Waals surface area contributed by atoms with Crippen LogP contribution in [0.3, 0.4) is 0 Å². The van der Waals surface area contributed by atoms with Crippen LogP contribution in [0.1, 0.15) is 18.4 Å². The summed E-state index contributed by atoms with van der Waals surface area (Å²) in [6, 6.07) is 11.2. The van der Waals surface area contributed by atoms with Gasteiger partial charge in [-0.15, -0.1) is 0 Å². The lowest BCUT2D eigenvalue weighted by Gasteiger charge is -2.43. The maximum atomic E-state index is 14.8. The third-order valence-corrected chi connectivity index (χ3v) is 6.88. The summed E-state index contributed by atoms with van der Waals surface area (Å²) in [7, 11) is 3.04. The molecule has 1 fully saturated rings. The molecule has 1 saturated heterocycles. The molecule has 196 valence electrons. The zero-order valence-electron chi connectivity index (χ0n) is 20.7. The predicted octanol–water partition coefficient (Wildman–Crippen LogP) is 5.62. The summed E-state index contributed by atoms with van der Waals surface area (Å²) in [4.78, 5) is 10.6. The fraction of sp³-hybridized carbons (Fsp3) is 0.370. The molecule has 2 aliphatic heterocycles. The van der Waals surface area contributed by atoms with E-state index in [9.17, 15) is 17.6 Å². The molecule has 0 saturated carbocycles. The summed E-state index contributed by atoms with van der Waals surface area (Å²) in [5.74, 6) is 1.19. The number of fused-ring (bicyclic) bond motifs is 1. The summed E-state index contributed by atoms with van der Waals surface area (Å²) in [5.41, 5.74) is 1.45. The fourth-order valence-electron chi connectivity index (χ4n) is 4.92. The Hall–Kier alpha value is -3.69. The Morgan fingerprint density at radius 1 is 0.919 bits per heavy atom. The zero-order valence-corrected chi connectivity index (χ0v) is 20.7. The summed E-state index contributed by atoms with van der Waals surface area (Å²) >= 11 is 0. The molecule has 0 unspecified atom stereocenters. The van der Waals surface area contributed by atoms with E-state index in [1.807, 2.05) is 35.2 Å². The number of allylic oxidation sites excluding steroid dienone is 2. The molecular formula is C27H28F4N4O2. The first-order chi connectivity index (χ1) is 17.8. The Labute approximate surface area is 213 Å². The van der Waals surface area contributed by atoms with Gasteiger partial charge in [0.1, 0.15) is 23.0 Å². The SMILES string of the molecule is COc1cccc(N2CCN(C3=NC4=C(F)CCC=C4CN3c3cc(C(F)(F)F)ccc3OC)CC2)c1. The molecule has 0 bridgehead atoms. The molecule has 1 aliphatic carbocycles. The van der Waals surface area contributed by atoms with Gasteiger partial charge in [0, 0.05) is 44.4 Å². The minimum atomic E-state index is -4.52. The molecule has 0 amide bonds. The Bertz CT molecular complexity index is 1260. The van der Waals surface area contributed by atoms with Crippen LogP contribution in [-0.2, 0) is 6.18 Å². The first kappa shape index (κ1) is 25.0. The number of hydrogen-bond donors (Lipinski definition) is 0. The van der Waals surface area contributed by atoms with Crippen molar-refractivity contribution in [2.45, 2.75) is 19.0 Å². The van der Waals surface area contributed by atoms with E-state index in [-0.39, 0.29) is 24.5 Å². The lowest BCUT2D eigenvalue weighted by atomic mass is 10.00. The van der Waals surface area contributed by atoms with Gasteiger partial charge >= 0.3 is 6.18 Å². The van der Waals surface area contributed by atoms with Crippen molar-refractivity contribution in [3.63, 3.8) is 0 Å². The number of alkyl halides is 3. The molecular weight excluding hydrogens is 488 g/mol. The van der Waals surface area contributed by atoms with E-state index in [4.69, 9.17) is 9.47 Å². The highest BCUT2D eigenvalue weighted by Gasteiger charge is 2.36. The van der Waals surface area contributed by atoms with Crippen molar-refractivity contribution < 1.29 is 27.0 Å². The Morgan fingerprint density at radius 3 is 2.38 bits per heavy atom. The standard InChI is InChI=1S/C27H28F4N4O2/c1-36-21-7-4-6-20(16-21)33-11-13-34(14-12-33)26-32-25-18(5-3-8-22(25)28)17-35(26)23-15-19(27(29,30)31)9-10-24(23)37-2/h4-7,9-10,15-16H,3,8,11-14,17H2,1-2H3. The highest BCUT2D eigenvalue weighted by Crippen LogP contribution is 2.40. The maximum absolute atomic E-state index is 14.8. The normalized spacial score (nSPS) is 18.4. The van der Waals surface area contributed by atoms with Crippen LogP contribution in [0.15, 0.2) is 70.6 Å². The third-order valence-electron chi connectivity index (χ3n) is 6.88. The maximum Gasteiger partial charge on any atom is 0.416 e. The average molecular weight is 517 g/mol. The number of nitrogens with zero attached hydrogens (tertiary/aromatic N) is 4. The molecule has 6 nitrogen and oxygen atoms in total. The van der Waals surface area contributed by atoms with Crippen LogP contribution in [0.5, 0.6) is 11.5 Å². The van der Waals surface area contributed by atoms with E-state index in [0.29, 0.717) is 55.6 Å². The summed E-state index contributed by atoms with van der Waals surface area (Å²) in [5, 5.41) is 0. The van der Waals surface area contributed by atoms with Crippen LogP contribution in [0.25, 0.3) is 0 Å². The Morgan fingerprint density at radius 2 is 1.68 bits per heavy atom. The average Bonchev–Trinajstić information content (AvgIpc) is 2.92. The van der Waals surface area contributed by atoms with E-state index in [0.717, 1.165) is 23.6 Å². The van der Waals surface area contributed by atoms with Gasteiger partial charge in [0.15, 0.2) is 0 Å². The molecule has 0 N–H and O–H groups in total. The van der Waals surface area contributed by atoms with Crippen LogP contribution < -0.4 is 19.3 Å². The van der Waals surface area contributed by atoms with Gasteiger partial charge in [-0.05, 0) is 42.3 Å². The third kappa shape index (κ3) is 4.97. The van der Waals surface area contributed by atoms with Crippen molar-refractivity contribution in [3.8, 4) is 11.5 Å². The molecule has 37 heavy (non-hydrogen) atoms. The van der Waals surface area contributed by atoms with Crippen molar-refractivity contribution in [1.29, 1.82) is 0 Å². The van der Waals surface area contributed by atoms with Crippen LogP contribution in [-0.4, -0.2) is 57.8 Å². The van der Waals surface area contributed by atoms with Crippen molar-refractivity contribution in [3.05, 3.63) is 71.2 Å². The summed E-state index contributed by atoms with van der Waals surface area (Å²) in [6.45, 7) is 2.63. The second-order valence-electron chi connectivity index (χ2n) is 9.08. The van der Waals surface area contributed by atoms with E-state index < -0.39 is 11.7 Å².